The molecule has 0 unspecified atom stereocenters. The zero-order chi connectivity index (χ0) is 13.9. The number of nitrogens with one attached hydrogen (secondary N) is 1. The first-order chi connectivity index (χ1) is 9.79. The number of hydrogen-bond acceptors (Lipinski definition) is 2. The lowest BCUT2D eigenvalue weighted by atomic mass is 10.1. The first-order valence-corrected chi connectivity index (χ1v) is 7.07. The van der Waals surface area contributed by atoms with Gasteiger partial charge in [0.1, 0.15) is 5.58 Å². The molecule has 0 saturated heterocycles. The van der Waals surface area contributed by atoms with Gasteiger partial charge in [-0.1, -0.05) is 43.3 Å². The van der Waals surface area contributed by atoms with E-state index in [1.165, 1.54) is 27.8 Å². The van der Waals surface area contributed by atoms with Gasteiger partial charge in [-0.2, -0.15) is 0 Å². The summed E-state index contributed by atoms with van der Waals surface area (Å²) < 4.78 is 5.58. The molecule has 0 radical (unpaired) electrons. The quantitative estimate of drug-likeness (QED) is 0.724. The predicted octanol–water partition coefficient (Wildman–Crippen LogP) is 4.92. The zero-order valence-corrected chi connectivity index (χ0v) is 11.9. The maximum absolute atomic E-state index is 5.58. The first kappa shape index (κ1) is 12.8. The van der Waals surface area contributed by atoms with Crippen LogP contribution < -0.4 is 5.32 Å². The molecule has 1 heterocycles. The molecule has 0 atom stereocenters. The largest absolute Gasteiger partial charge is 0.464 e. The Bertz CT molecular complexity index is 727. The van der Waals surface area contributed by atoms with E-state index in [9.17, 15) is 0 Å². The Balaban J connectivity index is 1.87. The fourth-order valence-corrected chi connectivity index (χ4v) is 2.63. The van der Waals surface area contributed by atoms with Crippen LogP contribution in [-0.2, 0) is 13.0 Å². The summed E-state index contributed by atoms with van der Waals surface area (Å²) in [5, 5.41) is 4.75. The number of anilines is 1. The molecule has 1 aromatic heterocycles. The molecule has 0 aliphatic rings. The molecule has 2 aromatic carbocycles. The van der Waals surface area contributed by atoms with Crippen LogP contribution in [0.3, 0.4) is 0 Å². The average molecular weight is 265 g/mol. The molecule has 0 fully saturated rings. The van der Waals surface area contributed by atoms with Crippen LogP contribution in [0.4, 0.5) is 5.69 Å². The Morgan fingerprint density at radius 3 is 2.70 bits per heavy atom. The van der Waals surface area contributed by atoms with E-state index in [0.29, 0.717) is 0 Å². The molecule has 20 heavy (non-hydrogen) atoms. The van der Waals surface area contributed by atoms with Crippen LogP contribution in [0.1, 0.15) is 23.6 Å². The van der Waals surface area contributed by atoms with Crippen LogP contribution in [0.25, 0.3) is 11.0 Å². The van der Waals surface area contributed by atoms with Crippen LogP contribution in [0.5, 0.6) is 0 Å². The van der Waals surface area contributed by atoms with Crippen LogP contribution in [0.2, 0.25) is 0 Å². The second-order valence-corrected chi connectivity index (χ2v) is 5.07. The van der Waals surface area contributed by atoms with Crippen molar-refractivity contribution in [3.63, 3.8) is 0 Å². The summed E-state index contributed by atoms with van der Waals surface area (Å²) in [7, 11) is 0. The third-order valence-corrected chi connectivity index (χ3v) is 3.76. The van der Waals surface area contributed by atoms with Gasteiger partial charge in [-0.3, -0.25) is 0 Å². The van der Waals surface area contributed by atoms with E-state index >= 15 is 0 Å². The summed E-state index contributed by atoms with van der Waals surface area (Å²) >= 11 is 0. The molecule has 0 amide bonds. The van der Waals surface area contributed by atoms with Gasteiger partial charge in [-0.15, -0.1) is 0 Å². The van der Waals surface area contributed by atoms with E-state index in [-0.39, 0.29) is 0 Å². The number of hydrogen-bond donors (Lipinski definition) is 1. The van der Waals surface area contributed by atoms with Gasteiger partial charge in [0.15, 0.2) is 0 Å². The van der Waals surface area contributed by atoms with Crippen molar-refractivity contribution in [2.45, 2.75) is 26.8 Å². The highest BCUT2D eigenvalue weighted by Gasteiger charge is 2.07. The lowest BCUT2D eigenvalue weighted by Gasteiger charge is -2.13. The minimum atomic E-state index is 0.787. The predicted molar refractivity (Wildman–Crippen MR) is 84.1 cm³/mol. The molecular weight excluding hydrogens is 246 g/mol. The first-order valence-electron chi connectivity index (χ1n) is 7.07. The van der Waals surface area contributed by atoms with Crippen LogP contribution in [-0.4, -0.2) is 0 Å². The summed E-state index contributed by atoms with van der Waals surface area (Å²) in [5.41, 5.74) is 6.05. The molecule has 0 aliphatic carbocycles. The molecule has 1 N–H and O–H groups in total. The fourth-order valence-electron chi connectivity index (χ4n) is 2.63. The van der Waals surface area contributed by atoms with E-state index in [4.69, 9.17) is 4.42 Å². The maximum atomic E-state index is 5.58. The SMILES string of the molecule is CCc1cccc(C)c1NCc1coc2ccccc12. The Morgan fingerprint density at radius 2 is 1.85 bits per heavy atom. The topological polar surface area (TPSA) is 25.2 Å². The Hall–Kier alpha value is -2.22. The monoisotopic (exact) mass is 265 g/mol. The van der Waals surface area contributed by atoms with Crippen molar-refractivity contribution in [3.8, 4) is 0 Å². The molecule has 3 aromatic rings. The Morgan fingerprint density at radius 1 is 1.00 bits per heavy atom. The minimum absolute atomic E-state index is 0.787. The van der Waals surface area contributed by atoms with Crippen molar-refractivity contribution < 1.29 is 4.42 Å². The van der Waals surface area contributed by atoms with Gasteiger partial charge in [0.25, 0.3) is 0 Å². The summed E-state index contributed by atoms with van der Waals surface area (Å²) in [6.45, 7) is 5.12. The number of furan rings is 1. The highest BCUT2D eigenvalue weighted by atomic mass is 16.3. The van der Waals surface area contributed by atoms with E-state index < -0.39 is 0 Å². The summed E-state index contributed by atoms with van der Waals surface area (Å²) in [4.78, 5) is 0. The molecular formula is C18H19NO. The highest BCUT2D eigenvalue weighted by molar-refractivity contribution is 5.81. The summed E-state index contributed by atoms with van der Waals surface area (Å²) in [5.74, 6) is 0. The van der Waals surface area contributed by atoms with E-state index in [2.05, 4.69) is 43.4 Å². The van der Waals surface area contributed by atoms with Crippen molar-refractivity contribution in [2.24, 2.45) is 0 Å². The lowest BCUT2D eigenvalue weighted by Crippen LogP contribution is -2.03. The average Bonchev–Trinajstić information content (AvgIpc) is 2.89. The third-order valence-electron chi connectivity index (χ3n) is 3.76. The summed E-state index contributed by atoms with van der Waals surface area (Å²) in [6, 6.07) is 14.6. The van der Waals surface area contributed by atoms with Gasteiger partial charge in [-0.25, -0.2) is 0 Å². The van der Waals surface area contributed by atoms with Crippen molar-refractivity contribution in [1.29, 1.82) is 0 Å². The number of rotatable bonds is 4. The second-order valence-electron chi connectivity index (χ2n) is 5.07. The molecule has 0 aliphatic heterocycles. The molecule has 2 heteroatoms. The standard InChI is InChI=1S/C18H19NO/c1-3-14-8-6-7-13(2)18(14)19-11-15-12-20-17-10-5-4-9-16(15)17/h4-10,12,19H,3,11H2,1-2H3. The van der Waals surface area contributed by atoms with Crippen molar-refractivity contribution in [2.75, 3.05) is 5.32 Å². The van der Waals surface area contributed by atoms with Crippen LogP contribution >= 0.6 is 0 Å². The van der Waals surface area contributed by atoms with Crippen LogP contribution in [0, 0.1) is 6.92 Å². The van der Waals surface area contributed by atoms with Crippen molar-refractivity contribution in [3.05, 3.63) is 65.4 Å². The maximum Gasteiger partial charge on any atom is 0.134 e. The van der Waals surface area contributed by atoms with E-state index in [1.807, 2.05) is 24.5 Å². The molecule has 0 bridgehead atoms. The van der Waals surface area contributed by atoms with Crippen LogP contribution in [0.15, 0.2) is 53.1 Å². The normalized spacial score (nSPS) is 10.9. The van der Waals surface area contributed by atoms with Gasteiger partial charge in [0.05, 0.1) is 6.26 Å². The van der Waals surface area contributed by atoms with Crippen molar-refractivity contribution >= 4 is 16.7 Å². The van der Waals surface area contributed by atoms with Gasteiger partial charge < -0.3 is 9.73 Å². The minimum Gasteiger partial charge on any atom is -0.464 e. The Kier molecular flexibility index (Phi) is 3.46. The fraction of sp³-hybridized carbons (Fsp3) is 0.222. The molecule has 102 valence electrons. The molecule has 3 rings (SSSR count). The lowest BCUT2D eigenvalue weighted by molar-refractivity contribution is 0.611. The third kappa shape index (κ3) is 2.29. The zero-order valence-electron chi connectivity index (χ0n) is 11.9. The highest BCUT2D eigenvalue weighted by Crippen LogP contribution is 2.25. The van der Waals surface area contributed by atoms with Crippen molar-refractivity contribution in [1.82, 2.24) is 0 Å². The van der Waals surface area contributed by atoms with Gasteiger partial charge in [0.2, 0.25) is 0 Å². The Labute approximate surface area is 119 Å². The molecule has 2 nitrogen and oxygen atoms in total. The van der Waals surface area contributed by atoms with E-state index in [0.717, 1.165) is 18.5 Å². The number of para-hydroxylation sites is 2. The summed E-state index contributed by atoms with van der Waals surface area (Å²) in [6.07, 6.45) is 2.89. The molecule has 0 spiro atoms. The smallest absolute Gasteiger partial charge is 0.134 e. The number of benzene rings is 2. The van der Waals surface area contributed by atoms with Gasteiger partial charge in [-0.05, 0) is 30.5 Å². The molecule has 0 saturated carbocycles. The second kappa shape index (κ2) is 5.41. The number of fused-ring (bicyclic) bond motifs is 1. The van der Waals surface area contributed by atoms with Gasteiger partial charge in [0, 0.05) is 23.2 Å². The van der Waals surface area contributed by atoms with Gasteiger partial charge >= 0.3 is 0 Å². The van der Waals surface area contributed by atoms with E-state index in [1.54, 1.807) is 0 Å². The number of aryl methyl sites for hydroxylation is 2.